The lowest BCUT2D eigenvalue weighted by atomic mass is 10.3. The molecule has 0 saturated carbocycles. The number of benzene rings is 1. The molecular weight excluding hydrogens is 386 g/mol. The number of fused-ring (bicyclic) bond motifs is 1. The van der Waals surface area contributed by atoms with Crippen molar-refractivity contribution in [1.29, 1.82) is 0 Å². The van der Waals surface area contributed by atoms with Crippen LogP contribution in [0.1, 0.15) is 30.6 Å². The average molecular weight is 409 g/mol. The highest BCUT2D eigenvalue weighted by molar-refractivity contribution is 7.73. The number of ether oxygens (including phenoxy) is 1. The molecule has 0 aliphatic carbocycles. The highest BCUT2D eigenvalue weighted by atomic mass is 32.1. The molecule has 0 aliphatic rings. The molecule has 3 aromatic rings. The molecule has 1 aromatic carbocycles. The summed E-state index contributed by atoms with van der Waals surface area (Å²) in [6.45, 7) is 5.07. The predicted octanol–water partition coefficient (Wildman–Crippen LogP) is 3.23. The largest absolute Gasteiger partial charge is 0.466 e. The summed E-state index contributed by atoms with van der Waals surface area (Å²) in [5.74, 6) is -0.217. The number of thiazole rings is 2. The van der Waals surface area contributed by atoms with E-state index in [1.54, 1.807) is 11.3 Å². The third-order valence-corrected chi connectivity index (χ3v) is 6.86. The van der Waals surface area contributed by atoms with Crippen molar-refractivity contribution in [2.24, 2.45) is 0 Å². The van der Waals surface area contributed by atoms with E-state index >= 15 is 0 Å². The van der Waals surface area contributed by atoms with E-state index in [1.165, 1.54) is 20.9 Å². The topological polar surface area (TPSA) is 48.6 Å². The summed E-state index contributed by atoms with van der Waals surface area (Å²) in [5, 5.41) is 3.06. The molecule has 0 bridgehead atoms. The highest BCUT2D eigenvalue weighted by Gasteiger charge is 2.21. The standard InChI is InChI=1S/C18H21N3O2S3/c1-4-23-16(22)9-13-10-25-18(24)21(13)11-20(3)12(2)17-19-14-7-5-6-8-15(14)26-17/h5-8,10,12H,4,9,11H2,1-3H3/p+1/t12-/m1/s1. The van der Waals surface area contributed by atoms with Gasteiger partial charge in [0.05, 0.1) is 30.3 Å². The van der Waals surface area contributed by atoms with E-state index in [9.17, 15) is 4.79 Å². The summed E-state index contributed by atoms with van der Waals surface area (Å²) >= 11 is 8.69. The van der Waals surface area contributed by atoms with Crippen molar-refractivity contribution in [2.45, 2.75) is 33.0 Å². The van der Waals surface area contributed by atoms with Crippen LogP contribution in [0.15, 0.2) is 29.6 Å². The van der Waals surface area contributed by atoms with Crippen molar-refractivity contribution < 1.29 is 14.4 Å². The van der Waals surface area contributed by atoms with Gasteiger partial charge in [0, 0.05) is 11.1 Å². The number of nitrogens with one attached hydrogen (secondary N) is 1. The predicted molar refractivity (Wildman–Crippen MR) is 108 cm³/mol. The fraction of sp³-hybridized carbons (Fsp3) is 0.389. The van der Waals surface area contributed by atoms with E-state index in [0.717, 1.165) is 20.2 Å². The molecule has 5 nitrogen and oxygen atoms in total. The third-order valence-electron chi connectivity index (χ3n) is 4.32. The van der Waals surface area contributed by atoms with Crippen LogP contribution in [0.25, 0.3) is 10.2 Å². The number of aromatic nitrogens is 2. The SMILES string of the molecule is CCOC(=O)Cc1csc(=S)n1C[NH+](C)[C@H](C)c1nc2ccccc2s1. The molecule has 0 aliphatic heterocycles. The summed E-state index contributed by atoms with van der Waals surface area (Å²) in [6.07, 6.45) is 0.254. The van der Waals surface area contributed by atoms with Crippen molar-refractivity contribution in [3.63, 3.8) is 0 Å². The van der Waals surface area contributed by atoms with Crippen LogP contribution in [0, 0.1) is 3.95 Å². The van der Waals surface area contributed by atoms with Crippen molar-refractivity contribution in [3.05, 3.63) is 44.3 Å². The first-order valence-electron chi connectivity index (χ1n) is 8.50. The van der Waals surface area contributed by atoms with Gasteiger partial charge in [0.25, 0.3) is 0 Å². The Morgan fingerprint density at radius 1 is 1.42 bits per heavy atom. The smallest absolute Gasteiger partial charge is 0.311 e. The second-order valence-corrected chi connectivity index (χ2v) is 8.71. The van der Waals surface area contributed by atoms with Crippen LogP contribution in [0.3, 0.4) is 0 Å². The molecule has 3 rings (SSSR count). The summed E-state index contributed by atoms with van der Waals surface area (Å²) < 4.78 is 9.09. The average Bonchev–Trinajstić information content (AvgIpc) is 3.19. The van der Waals surface area contributed by atoms with Gasteiger partial charge >= 0.3 is 5.97 Å². The number of para-hydroxylation sites is 1. The number of esters is 1. The molecule has 2 heterocycles. The maximum absolute atomic E-state index is 11.8. The second-order valence-electron chi connectivity index (χ2n) is 6.15. The molecule has 2 atom stereocenters. The molecule has 0 fully saturated rings. The summed E-state index contributed by atoms with van der Waals surface area (Å²) in [7, 11) is 2.13. The number of hydrogen-bond donors (Lipinski definition) is 1. The minimum Gasteiger partial charge on any atom is -0.466 e. The Hall–Kier alpha value is -1.61. The van der Waals surface area contributed by atoms with Gasteiger partial charge in [-0.3, -0.25) is 9.36 Å². The van der Waals surface area contributed by atoms with Crippen molar-refractivity contribution >= 4 is 51.1 Å². The lowest BCUT2D eigenvalue weighted by Gasteiger charge is -2.21. The van der Waals surface area contributed by atoms with Gasteiger partial charge in [0.15, 0.2) is 15.6 Å². The molecule has 138 valence electrons. The number of hydrogen-bond acceptors (Lipinski definition) is 6. The summed E-state index contributed by atoms with van der Waals surface area (Å²) in [4.78, 5) is 17.9. The fourth-order valence-corrected chi connectivity index (χ4v) is 4.89. The Morgan fingerprint density at radius 2 is 2.19 bits per heavy atom. The molecule has 2 aromatic heterocycles. The van der Waals surface area contributed by atoms with E-state index in [0.29, 0.717) is 13.3 Å². The van der Waals surface area contributed by atoms with Crippen LogP contribution >= 0.6 is 34.9 Å². The van der Waals surface area contributed by atoms with Gasteiger partial charge in [-0.1, -0.05) is 12.1 Å². The van der Waals surface area contributed by atoms with Crippen LogP contribution in [0.4, 0.5) is 0 Å². The van der Waals surface area contributed by atoms with Crippen LogP contribution < -0.4 is 4.90 Å². The molecule has 0 amide bonds. The first-order chi connectivity index (χ1) is 12.5. The van der Waals surface area contributed by atoms with Crippen LogP contribution in [0.2, 0.25) is 0 Å². The molecule has 0 saturated heterocycles. The van der Waals surface area contributed by atoms with E-state index in [1.807, 2.05) is 35.1 Å². The Kier molecular flexibility index (Phi) is 6.18. The Labute approximate surface area is 165 Å². The lowest BCUT2D eigenvalue weighted by molar-refractivity contribution is -0.932. The molecule has 8 heteroatoms. The van der Waals surface area contributed by atoms with E-state index in [4.69, 9.17) is 21.9 Å². The minimum atomic E-state index is -0.217. The number of carbonyl (C=O) groups is 1. The number of carbonyl (C=O) groups excluding carboxylic acids is 1. The van der Waals surface area contributed by atoms with Gasteiger partial charge in [-0.25, -0.2) is 4.98 Å². The van der Waals surface area contributed by atoms with Gasteiger partial charge in [-0.15, -0.1) is 22.7 Å². The van der Waals surface area contributed by atoms with Gasteiger partial charge in [-0.2, -0.15) is 0 Å². The van der Waals surface area contributed by atoms with Gasteiger partial charge < -0.3 is 9.64 Å². The number of nitrogens with zero attached hydrogens (tertiary/aromatic N) is 2. The molecule has 26 heavy (non-hydrogen) atoms. The monoisotopic (exact) mass is 408 g/mol. The van der Waals surface area contributed by atoms with Gasteiger partial charge in [-0.05, 0) is 38.2 Å². The third kappa shape index (κ3) is 4.20. The van der Waals surface area contributed by atoms with Crippen LogP contribution in [-0.2, 0) is 22.6 Å². The highest BCUT2D eigenvalue weighted by Crippen LogP contribution is 2.24. The van der Waals surface area contributed by atoms with Crippen molar-refractivity contribution in [2.75, 3.05) is 13.7 Å². The Morgan fingerprint density at radius 3 is 2.92 bits per heavy atom. The Balaban J connectivity index is 1.76. The first kappa shape index (κ1) is 19.2. The summed E-state index contributed by atoms with van der Waals surface area (Å²) in [6, 6.07) is 8.43. The van der Waals surface area contributed by atoms with Gasteiger partial charge in [0.1, 0.15) is 6.04 Å². The van der Waals surface area contributed by atoms with Crippen molar-refractivity contribution in [1.82, 2.24) is 9.55 Å². The van der Waals surface area contributed by atoms with Crippen LogP contribution in [-0.4, -0.2) is 29.2 Å². The van der Waals surface area contributed by atoms with E-state index in [2.05, 4.69) is 20.0 Å². The van der Waals surface area contributed by atoms with Crippen molar-refractivity contribution in [3.8, 4) is 0 Å². The first-order valence-corrected chi connectivity index (χ1v) is 10.6. The van der Waals surface area contributed by atoms with E-state index < -0.39 is 0 Å². The fourth-order valence-electron chi connectivity index (χ4n) is 2.70. The second kappa shape index (κ2) is 8.39. The zero-order chi connectivity index (χ0) is 18.7. The number of rotatable bonds is 7. The molecule has 0 spiro atoms. The summed E-state index contributed by atoms with van der Waals surface area (Å²) in [5.41, 5.74) is 1.96. The zero-order valence-corrected chi connectivity index (χ0v) is 17.5. The normalized spacial score (nSPS) is 13.7. The zero-order valence-electron chi connectivity index (χ0n) is 15.0. The maximum atomic E-state index is 11.8. The minimum absolute atomic E-state index is 0.217. The molecule has 1 unspecified atom stereocenters. The van der Waals surface area contributed by atoms with E-state index in [-0.39, 0.29) is 18.4 Å². The van der Waals surface area contributed by atoms with Crippen LogP contribution in [0.5, 0.6) is 0 Å². The maximum Gasteiger partial charge on any atom is 0.311 e. The molecular formula is C18H22N3O2S3+. The Bertz CT molecular complexity index is 927. The van der Waals surface area contributed by atoms with Gasteiger partial charge in [0.2, 0.25) is 0 Å². The lowest BCUT2D eigenvalue weighted by Crippen LogP contribution is -3.08. The molecule has 1 N–H and O–H groups in total. The molecule has 0 radical (unpaired) electrons. The number of quaternary nitrogens is 1. The quantitative estimate of drug-likeness (QED) is 0.482.